The highest BCUT2D eigenvalue weighted by Gasteiger charge is 2.16. The lowest BCUT2D eigenvalue weighted by Crippen LogP contribution is -2.32. The lowest BCUT2D eigenvalue weighted by molar-refractivity contribution is -0.116. The molecule has 0 saturated carbocycles. The molecule has 0 spiro atoms. The lowest BCUT2D eigenvalue weighted by Gasteiger charge is -2.17. The maximum absolute atomic E-state index is 12.4. The number of ether oxygens (including phenoxy) is 1. The molecule has 2 N–H and O–H groups in total. The summed E-state index contributed by atoms with van der Waals surface area (Å²) in [7, 11) is 0. The Kier molecular flexibility index (Phi) is 5.76. The summed E-state index contributed by atoms with van der Waals surface area (Å²) in [5.74, 6) is -0.472. The van der Waals surface area contributed by atoms with Crippen LogP contribution in [0.2, 0.25) is 5.02 Å². The van der Waals surface area contributed by atoms with Crippen molar-refractivity contribution < 1.29 is 18.3 Å². The molecular formula is C16H15ClF2N2O2. The Morgan fingerprint density at radius 2 is 1.78 bits per heavy atom. The van der Waals surface area contributed by atoms with Gasteiger partial charge in [-0.2, -0.15) is 8.78 Å². The highest BCUT2D eigenvalue weighted by molar-refractivity contribution is 6.30. The fourth-order valence-electron chi connectivity index (χ4n) is 1.87. The number of alkyl halides is 2. The minimum Gasteiger partial charge on any atom is -0.433 e. The summed E-state index contributed by atoms with van der Waals surface area (Å²) in [6.45, 7) is -1.31. The number of carbonyl (C=O) groups excluding carboxylic acids is 1. The molecule has 23 heavy (non-hydrogen) atoms. The number of para-hydroxylation sites is 2. The van der Waals surface area contributed by atoms with Gasteiger partial charge in [0.1, 0.15) is 11.8 Å². The second kappa shape index (κ2) is 7.78. The van der Waals surface area contributed by atoms with E-state index in [1.807, 2.05) is 0 Å². The smallest absolute Gasteiger partial charge is 0.387 e. The van der Waals surface area contributed by atoms with Gasteiger partial charge in [0.2, 0.25) is 5.91 Å². The maximum Gasteiger partial charge on any atom is 0.387 e. The zero-order chi connectivity index (χ0) is 16.8. The van der Waals surface area contributed by atoms with E-state index in [-0.39, 0.29) is 17.3 Å². The van der Waals surface area contributed by atoms with Gasteiger partial charge in [-0.15, -0.1) is 0 Å². The van der Waals surface area contributed by atoms with Crippen molar-refractivity contribution in [2.45, 2.75) is 19.6 Å². The van der Waals surface area contributed by atoms with E-state index in [1.165, 1.54) is 12.1 Å². The van der Waals surface area contributed by atoms with E-state index in [0.717, 1.165) is 0 Å². The molecule has 0 aliphatic rings. The highest BCUT2D eigenvalue weighted by Crippen LogP contribution is 2.25. The molecule has 0 aliphatic heterocycles. The molecule has 0 heterocycles. The van der Waals surface area contributed by atoms with Gasteiger partial charge < -0.3 is 15.4 Å². The average molecular weight is 341 g/mol. The number of nitrogens with one attached hydrogen (secondary N) is 2. The molecule has 2 aromatic rings. The highest BCUT2D eigenvalue weighted by atomic mass is 35.5. The third kappa shape index (κ3) is 5.10. The van der Waals surface area contributed by atoms with Gasteiger partial charge in [-0.05, 0) is 43.3 Å². The predicted molar refractivity (Wildman–Crippen MR) is 86.2 cm³/mol. The van der Waals surface area contributed by atoms with E-state index >= 15 is 0 Å². The van der Waals surface area contributed by atoms with Gasteiger partial charge in [0.25, 0.3) is 0 Å². The zero-order valence-electron chi connectivity index (χ0n) is 12.2. The molecule has 0 aliphatic carbocycles. The molecule has 2 aromatic carbocycles. The van der Waals surface area contributed by atoms with Crippen LogP contribution in [0.5, 0.6) is 5.75 Å². The second-order valence-electron chi connectivity index (χ2n) is 4.74. The van der Waals surface area contributed by atoms with Crippen molar-refractivity contribution in [3.05, 3.63) is 53.6 Å². The van der Waals surface area contributed by atoms with Gasteiger partial charge in [-0.25, -0.2) is 0 Å². The van der Waals surface area contributed by atoms with Gasteiger partial charge >= 0.3 is 6.61 Å². The lowest BCUT2D eigenvalue weighted by atomic mass is 10.2. The summed E-state index contributed by atoms with van der Waals surface area (Å²) in [6, 6.07) is 12.3. The molecule has 1 unspecified atom stereocenters. The Bertz CT molecular complexity index is 665. The fourth-order valence-corrected chi connectivity index (χ4v) is 2.00. The van der Waals surface area contributed by atoms with Crippen LogP contribution in [0.25, 0.3) is 0 Å². The SMILES string of the molecule is CC(Nc1ccc(Cl)cc1)C(=O)Nc1ccccc1OC(F)F. The summed E-state index contributed by atoms with van der Waals surface area (Å²) < 4.78 is 29.1. The molecule has 0 fully saturated rings. The van der Waals surface area contributed by atoms with Crippen molar-refractivity contribution in [3.63, 3.8) is 0 Å². The molecule has 0 radical (unpaired) electrons. The predicted octanol–water partition coefficient (Wildman–Crippen LogP) is 4.38. The quantitative estimate of drug-likeness (QED) is 0.820. The van der Waals surface area contributed by atoms with Crippen LogP contribution < -0.4 is 15.4 Å². The molecular weight excluding hydrogens is 326 g/mol. The Hall–Kier alpha value is -2.34. The van der Waals surface area contributed by atoms with Crippen LogP contribution in [0, 0.1) is 0 Å². The molecule has 1 atom stereocenters. The van der Waals surface area contributed by atoms with Crippen LogP contribution in [0.4, 0.5) is 20.2 Å². The van der Waals surface area contributed by atoms with Gasteiger partial charge in [0.05, 0.1) is 5.69 Å². The van der Waals surface area contributed by atoms with Crippen LogP contribution in [-0.4, -0.2) is 18.6 Å². The van der Waals surface area contributed by atoms with Crippen molar-refractivity contribution in [1.29, 1.82) is 0 Å². The van der Waals surface area contributed by atoms with E-state index in [1.54, 1.807) is 43.3 Å². The van der Waals surface area contributed by atoms with Gasteiger partial charge in [-0.3, -0.25) is 4.79 Å². The Balaban J connectivity index is 2.02. The molecule has 0 aromatic heterocycles. The number of anilines is 2. The van der Waals surface area contributed by atoms with Crippen LogP contribution in [0.3, 0.4) is 0 Å². The number of benzene rings is 2. The topological polar surface area (TPSA) is 50.4 Å². The van der Waals surface area contributed by atoms with Crippen molar-refractivity contribution >= 4 is 28.9 Å². The zero-order valence-corrected chi connectivity index (χ0v) is 13.0. The van der Waals surface area contributed by atoms with Gasteiger partial charge in [0.15, 0.2) is 0 Å². The summed E-state index contributed by atoms with van der Waals surface area (Å²) in [4.78, 5) is 12.2. The van der Waals surface area contributed by atoms with E-state index in [4.69, 9.17) is 11.6 Å². The number of amides is 1. The first-order valence-corrected chi connectivity index (χ1v) is 7.20. The summed E-state index contributed by atoms with van der Waals surface area (Å²) in [6.07, 6.45) is 0. The standard InChI is InChI=1S/C16H15ClF2N2O2/c1-10(20-12-8-6-11(17)7-9-12)15(22)21-13-4-2-3-5-14(13)23-16(18)19/h2-10,16,20H,1H3,(H,21,22). The third-order valence-corrected chi connectivity index (χ3v) is 3.23. The number of rotatable bonds is 6. The Morgan fingerprint density at radius 1 is 1.13 bits per heavy atom. The molecule has 7 heteroatoms. The molecule has 0 saturated heterocycles. The summed E-state index contributed by atoms with van der Waals surface area (Å²) in [5, 5.41) is 6.14. The van der Waals surface area contributed by atoms with E-state index in [2.05, 4.69) is 15.4 Å². The first-order valence-electron chi connectivity index (χ1n) is 6.82. The Labute approximate surface area is 137 Å². The van der Waals surface area contributed by atoms with E-state index < -0.39 is 12.7 Å². The number of hydrogen-bond acceptors (Lipinski definition) is 3. The van der Waals surface area contributed by atoms with Crippen LogP contribution in [-0.2, 0) is 4.79 Å². The maximum atomic E-state index is 12.4. The molecule has 1 amide bonds. The minimum absolute atomic E-state index is 0.0884. The van der Waals surface area contributed by atoms with Crippen molar-refractivity contribution in [1.82, 2.24) is 0 Å². The van der Waals surface area contributed by atoms with Gasteiger partial charge in [-0.1, -0.05) is 23.7 Å². The van der Waals surface area contributed by atoms with Crippen molar-refractivity contribution in [2.75, 3.05) is 10.6 Å². The average Bonchev–Trinajstić information content (AvgIpc) is 2.51. The molecule has 2 rings (SSSR count). The first kappa shape index (κ1) is 17.0. The van der Waals surface area contributed by atoms with Crippen molar-refractivity contribution in [3.8, 4) is 5.75 Å². The number of hydrogen-bond donors (Lipinski definition) is 2. The second-order valence-corrected chi connectivity index (χ2v) is 5.17. The van der Waals surface area contributed by atoms with E-state index in [9.17, 15) is 13.6 Å². The molecule has 4 nitrogen and oxygen atoms in total. The first-order chi connectivity index (χ1) is 11.0. The third-order valence-electron chi connectivity index (χ3n) is 2.98. The molecule has 122 valence electrons. The number of carbonyl (C=O) groups is 1. The number of halogens is 3. The summed E-state index contributed by atoms with van der Waals surface area (Å²) in [5.41, 5.74) is 0.900. The molecule has 0 bridgehead atoms. The fraction of sp³-hybridized carbons (Fsp3) is 0.188. The largest absolute Gasteiger partial charge is 0.433 e. The Morgan fingerprint density at radius 3 is 2.43 bits per heavy atom. The summed E-state index contributed by atoms with van der Waals surface area (Å²) >= 11 is 5.79. The van der Waals surface area contributed by atoms with Crippen LogP contribution in [0.15, 0.2) is 48.5 Å². The van der Waals surface area contributed by atoms with Gasteiger partial charge in [0, 0.05) is 10.7 Å². The van der Waals surface area contributed by atoms with Crippen LogP contribution >= 0.6 is 11.6 Å². The monoisotopic (exact) mass is 340 g/mol. The van der Waals surface area contributed by atoms with Crippen LogP contribution in [0.1, 0.15) is 6.92 Å². The van der Waals surface area contributed by atoms with E-state index in [0.29, 0.717) is 10.7 Å². The van der Waals surface area contributed by atoms with Crippen molar-refractivity contribution in [2.24, 2.45) is 0 Å². The minimum atomic E-state index is -2.96. The normalized spacial score (nSPS) is 11.9.